The zero-order valence-electron chi connectivity index (χ0n) is 13.6. The van der Waals surface area contributed by atoms with E-state index >= 15 is 0 Å². The lowest BCUT2D eigenvalue weighted by atomic mass is 10.0. The molecule has 1 fully saturated rings. The van der Waals surface area contributed by atoms with Gasteiger partial charge in [0.2, 0.25) is 0 Å². The molecule has 2 atom stereocenters. The Labute approximate surface area is 128 Å². The van der Waals surface area contributed by atoms with Gasteiger partial charge in [-0.3, -0.25) is 4.90 Å². The largest absolute Gasteiger partial charge is 0.312 e. The number of nitrogens with zero attached hydrogens (tertiary/aromatic N) is 1. The lowest BCUT2D eigenvalue weighted by Gasteiger charge is -2.32. The van der Waals surface area contributed by atoms with Crippen molar-refractivity contribution < 1.29 is 4.39 Å². The molecule has 1 heterocycles. The Kier molecular flexibility index (Phi) is 6.19. The van der Waals surface area contributed by atoms with Crippen molar-refractivity contribution >= 4 is 0 Å². The summed E-state index contributed by atoms with van der Waals surface area (Å²) in [6.07, 6.45) is 3.40. The van der Waals surface area contributed by atoms with Gasteiger partial charge in [-0.1, -0.05) is 32.0 Å². The molecule has 3 heteroatoms. The van der Waals surface area contributed by atoms with E-state index in [1.165, 1.54) is 25.9 Å². The highest BCUT2D eigenvalue weighted by Crippen LogP contribution is 2.17. The molecule has 118 valence electrons. The SMILES string of the molecule is CC(Cc1ccccc1F)NCC(C(C)C)N1CCCC1. The van der Waals surface area contributed by atoms with E-state index in [1.54, 1.807) is 12.1 Å². The van der Waals surface area contributed by atoms with Crippen LogP contribution in [0.15, 0.2) is 24.3 Å². The maximum absolute atomic E-state index is 13.7. The number of halogens is 1. The molecule has 1 aromatic carbocycles. The van der Waals surface area contributed by atoms with Crippen LogP contribution in [0.2, 0.25) is 0 Å². The van der Waals surface area contributed by atoms with Crippen molar-refractivity contribution in [2.24, 2.45) is 5.92 Å². The predicted octanol–water partition coefficient (Wildman–Crippen LogP) is 3.47. The third kappa shape index (κ3) is 4.79. The zero-order valence-corrected chi connectivity index (χ0v) is 13.6. The minimum atomic E-state index is -0.0916. The lowest BCUT2D eigenvalue weighted by Crippen LogP contribution is -2.46. The molecule has 2 rings (SSSR count). The minimum absolute atomic E-state index is 0.0916. The second-order valence-electron chi connectivity index (χ2n) is 6.66. The average Bonchev–Trinajstić information content (AvgIpc) is 2.95. The van der Waals surface area contributed by atoms with Crippen LogP contribution in [0.4, 0.5) is 4.39 Å². The van der Waals surface area contributed by atoms with Gasteiger partial charge in [-0.2, -0.15) is 0 Å². The highest BCUT2D eigenvalue weighted by Gasteiger charge is 2.24. The highest BCUT2D eigenvalue weighted by molar-refractivity contribution is 5.18. The quantitative estimate of drug-likeness (QED) is 0.828. The fourth-order valence-corrected chi connectivity index (χ4v) is 3.25. The number of likely N-dealkylation sites (tertiary alicyclic amines) is 1. The molecule has 1 N–H and O–H groups in total. The van der Waals surface area contributed by atoms with Crippen LogP contribution in [0.3, 0.4) is 0 Å². The number of hydrogen-bond acceptors (Lipinski definition) is 2. The summed E-state index contributed by atoms with van der Waals surface area (Å²) in [5.74, 6) is 0.558. The number of hydrogen-bond donors (Lipinski definition) is 1. The van der Waals surface area contributed by atoms with Crippen LogP contribution < -0.4 is 5.32 Å². The van der Waals surface area contributed by atoms with Crippen molar-refractivity contribution in [2.45, 2.75) is 52.1 Å². The Hall–Kier alpha value is -0.930. The van der Waals surface area contributed by atoms with Crippen LogP contribution in [0.5, 0.6) is 0 Å². The minimum Gasteiger partial charge on any atom is -0.312 e. The fraction of sp³-hybridized carbons (Fsp3) is 0.667. The third-order valence-electron chi connectivity index (χ3n) is 4.54. The molecule has 0 bridgehead atoms. The maximum Gasteiger partial charge on any atom is 0.126 e. The second kappa shape index (κ2) is 7.90. The Morgan fingerprint density at radius 3 is 2.43 bits per heavy atom. The zero-order chi connectivity index (χ0) is 15.2. The van der Waals surface area contributed by atoms with Crippen LogP contribution >= 0.6 is 0 Å². The van der Waals surface area contributed by atoms with E-state index in [0.29, 0.717) is 18.0 Å². The second-order valence-corrected chi connectivity index (χ2v) is 6.66. The van der Waals surface area contributed by atoms with Gasteiger partial charge in [0.15, 0.2) is 0 Å². The summed E-state index contributed by atoms with van der Waals surface area (Å²) in [6.45, 7) is 10.2. The number of nitrogens with one attached hydrogen (secondary N) is 1. The van der Waals surface area contributed by atoms with Crippen LogP contribution in [-0.4, -0.2) is 36.6 Å². The molecule has 1 aliphatic heterocycles. The van der Waals surface area contributed by atoms with Crippen LogP contribution in [-0.2, 0) is 6.42 Å². The standard InChI is InChI=1S/C18H29FN2/c1-14(2)18(21-10-6-7-11-21)13-20-15(3)12-16-8-4-5-9-17(16)19/h4-5,8-9,14-15,18,20H,6-7,10-13H2,1-3H3. The summed E-state index contributed by atoms with van der Waals surface area (Å²) >= 11 is 0. The first-order chi connectivity index (χ1) is 10.1. The molecule has 0 spiro atoms. The van der Waals surface area contributed by atoms with Crippen molar-refractivity contribution in [3.63, 3.8) is 0 Å². The Bertz CT molecular complexity index is 427. The number of benzene rings is 1. The van der Waals surface area contributed by atoms with E-state index in [0.717, 1.165) is 18.5 Å². The first-order valence-electron chi connectivity index (χ1n) is 8.28. The molecular formula is C18H29FN2. The average molecular weight is 292 g/mol. The lowest BCUT2D eigenvalue weighted by molar-refractivity contribution is 0.182. The van der Waals surface area contributed by atoms with Crippen LogP contribution in [0.25, 0.3) is 0 Å². The molecule has 21 heavy (non-hydrogen) atoms. The van der Waals surface area contributed by atoms with E-state index < -0.39 is 0 Å². The summed E-state index contributed by atoms with van der Waals surface area (Å²) in [5.41, 5.74) is 0.805. The Morgan fingerprint density at radius 2 is 1.81 bits per heavy atom. The summed E-state index contributed by atoms with van der Waals surface area (Å²) in [5, 5.41) is 3.61. The summed E-state index contributed by atoms with van der Waals surface area (Å²) in [4.78, 5) is 2.60. The molecule has 0 amide bonds. The monoisotopic (exact) mass is 292 g/mol. The maximum atomic E-state index is 13.7. The van der Waals surface area contributed by atoms with Crippen molar-refractivity contribution in [3.05, 3.63) is 35.6 Å². The molecule has 0 aliphatic carbocycles. The van der Waals surface area contributed by atoms with Crippen molar-refractivity contribution in [2.75, 3.05) is 19.6 Å². The van der Waals surface area contributed by atoms with Gasteiger partial charge in [0.25, 0.3) is 0 Å². The fourth-order valence-electron chi connectivity index (χ4n) is 3.25. The highest BCUT2D eigenvalue weighted by atomic mass is 19.1. The van der Waals surface area contributed by atoms with Crippen molar-refractivity contribution in [1.82, 2.24) is 10.2 Å². The molecule has 2 unspecified atom stereocenters. The van der Waals surface area contributed by atoms with Crippen molar-refractivity contribution in [3.8, 4) is 0 Å². The van der Waals surface area contributed by atoms with E-state index in [2.05, 4.69) is 31.0 Å². The van der Waals surface area contributed by atoms with Gasteiger partial charge in [0.1, 0.15) is 5.82 Å². The van der Waals surface area contributed by atoms with Gasteiger partial charge in [-0.25, -0.2) is 4.39 Å². The van der Waals surface area contributed by atoms with Gasteiger partial charge in [0, 0.05) is 18.6 Å². The smallest absolute Gasteiger partial charge is 0.126 e. The van der Waals surface area contributed by atoms with Crippen LogP contribution in [0.1, 0.15) is 39.2 Å². The summed E-state index contributed by atoms with van der Waals surface area (Å²) in [7, 11) is 0. The predicted molar refractivity (Wildman–Crippen MR) is 87.0 cm³/mol. The normalized spacial score (nSPS) is 19.1. The Morgan fingerprint density at radius 1 is 1.14 bits per heavy atom. The third-order valence-corrected chi connectivity index (χ3v) is 4.54. The topological polar surface area (TPSA) is 15.3 Å². The number of rotatable bonds is 7. The van der Waals surface area contributed by atoms with Gasteiger partial charge in [-0.05, 0) is 56.8 Å². The van der Waals surface area contributed by atoms with E-state index in [-0.39, 0.29) is 5.82 Å². The molecule has 1 saturated heterocycles. The summed E-state index contributed by atoms with van der Waals surface area (Å²) in [6, 6.07) is 7.98. The molecule has 1 aliphatic rings. The molecule has 0 radical (unpaired) electrons. The molecule has 0 aromatic heterocycles. The molecular weight excluding hydrogens is 263 g/mol. The van der Waals surface area contributed by atoms with Crippen molar-refractivity contribution in [1.29, 1.82) is 0 Å². The van der Waals surface area contributed by atoms with E-state index in [9.17, 15) is 4.39 Å². The molecule has 0 saturated carbocycles. The molecule has 1 aromatic rings. The van der Waals surface area contributed by atoms with Gasteiger partial charge in [-0.15, -0.1) is 0 Å². The van der Waals surface area contributed by atoms with Gasteiger partial charge < -0.3 is 5.32 Å². The first kappa shape index (κ1) is 16.4. The van der Waals surface area contributed by atoms with Gasteiger partial charge >= 0.3 is 0 Å². The summed E-state index contributed by atoms with van der Waals surface area (Å²) < 4.78 is 13.7. The first-order valence-corrected chi connectivity index (χ1v) is 8.28. The van der Waals surface area contributed by atoms with E-state index in [1.807, 2.05) is 12.1 Å². The van der Waals surface area contributed by atoms with Gasteiger partial charge in [0.05, 0.1) is 0 Å². The Balaban J connectivity index is 1.84. The molecule has 2 nitrogen and oxygen atoms in total. The van der Waals surface area contributed by atoms with E-state index in [4.69, 9.17) is 0 Å². The van der Waals surface area contributed by atoms with Crippen LogP contribution in [0, 0.1) is 11.7 Å².